The first-order valence-electron chi connectivity index (χ1n) is 7.04. The number of ether oxygens (including phenoxy) is 1. The third-order valence-corrected chi connectivity index (χ3v) is 5.10. The third kappa shape index (κ3) is 3.44. The van der Waals surface area contributed by atoms with Gasteiger partial charge in [0.25, 0.3) is 0 Å². The van der Waals surface area contributed by atoms with Gasteiger partial charge in [0.05, 0.1) is 7.11 Å². The highest BCUT2D eigenvalue weighted by atomic mass is 35.5. The van der Waals surface area contributed by atoms with E-state index in [-0.39, 0.29) is 5.15 Å². The number of anilines is 1. The zero-order valence-electron chi connectivity index (χ0n) is 12.2. The maximum Gasteiger partial charge on any atom is 0.351 e. The summed E-state index contributed by atoms with van der Waals surface area (Å²) in [6.07, 6.45) is 4.75. The zero-order chi connectivity index (χ0) is 14.7. The van der Waals surface area contributed by atoms with Crippen molar-refractivity contribution in [1.29, 1.82) is 0 Å². The van der Waals surface area contributed by atoms with Gasteiger partial charge in [-0.25, -0.2) is 9.78 Å². The molecule has 1 fully saturated rings. The van der Waals surface area contributed by atoms with Crippen molar-refractivity contribution in [3.8, 4) is 0 Å². The van der Waals surface area contributed by atoms with Crippen molar-refractivity contribution in [2.24, 2.45) is 5.92 Å². The molecule has 0 bridgehead atoms. The predicted octanol–water partition coefficient (Wildman–Crippen LogP) is 3.99. The number of esters is 1. The zero-order valence-corrected chi connectivity index (χ0v) is 13.8. The van der Waals surface area contributed by atoms with Crippen LogP contribution in [0.1, 0.15) is 49.2 Å². The molecule has 0 aliphatic carbocycles. The fourth-order valence-corrected chi connectivity index (χ4v) is 3.84. The number of nitrogens with zero attached hydrogens (tertiary/aromatic N) is 2. The van der Waals surface area contributed by atoms with E-state index < -0.39 is 5.97 Å². The van der Waals surface area contributed by atoms with Gasteiger partial charge in [0.1, 0.15) is 0 Å². The van der Waals surface area contributed by atoms with Crippen LogP contribution in [0.25, 0.3) is 0 Å². The standard InChI is InChI=1S/C14H21ClN2O2S/c1-9(2)6-7-10-5-4-8-17(10)14-16-12(15)11(20-14)13(18)19-3/h9-10H,4-8H2,1-3H3. The minimum Gasteiger partial charge on any atom is -0.465 e. The summed E-state index contributed by atoms with van der Waals surface area (Å²) < 4.78 is 4.73. The Balaban J connectivity index is 2.11. The van der Waals surface area contributed by atoms with E-state index >= 15 is 0 Å². The molecule has 0 amide bonds. The molecule has 1 aliphatic rings. The molecule has 1 unspecified atom stereocenters. The van der Waals surface area contributed by atoms with Gasteiger partial charge in [-0.2, -0.15) is 0 Å². The largest absolute Gasteiger partial charge is 0.465 e. The van der Waals surface area contributed by atoms with Crippen molar-refractivity contribution in [3.05, 3.63) is 10.0 Å². The molecule has 20 heavy (non-hydrogen) atoms. The van der Waals surface area contributed by atoms with Crippen LogP contribution >= 0.6 is 22.9 Å². The van der Waals surface area contributed by atoms with Crippen LogP contribution in [0.4, 0.5) is 5.13 Å². The van der Waals surface area contributed by atoms with Crippen molar-refractivity contribution < 1.29 is 9.53 Å². The van der Waals surface area contributed by atoms with Crippen LogP contribution in [-0.2, 0) is 4.74 Å². The van der Waals surface area contributed by atoms with Crippen LogP contribution in [0.5, 0.6) is 0 Å². The second-order valence-electron chi connectivity index (χ2n) is 5.57. The monoisotopic (exact) mass is 316 g/mol. The molecule has 2 heterocycles. The lowest BCUT2D eigenvalue weighted by atomic mass is 10.0. The van der Waals surface area contributed by atoms with Crippen LogP contribution in [-0.4, -0.2) is 30.6 Å². The Morgan fingerprint density at radius 1 is 1.60 bits per heavy atom. The van der Waals surface area contributed by atoms with E-state index in [0.717, 1.165) is 11.7 Å². The third-order valence-electron chi connectivity index (χ3n) is 3.65. The van der Waals surface area contributed by atoms with E-state index in [1.165, 1.54) is 44.1 Å². The van der Waals surface area contributed by atoms with E-state index in [2.05, 4.69) is 23.7 Å². The van der Waals surface area contributed by atoms with E-state index in [9.17, 15) is 4.79 Å². The highest BCUT2D eigenvalue weighted by Crippen LogP contribution is 2.35. The molecule has 6 heteroatoms. The average molecular weight is 317 g/mol. The molecule has 1 saturated heterocycles. The van der Waals surface area contributed by atoms with Gasteiger partial charge in [0.2, 0.25) is 0 Å². The number of carbonyl (C=O) groups is 1. The summed E-state index contributed by atoms with van der Waals surface area (Å²) in [6, 6.07) is 0.519. The molecule has 1 aliphatic heterocycles. The van der Waals surface area contributed by atoms with Gasteiger partial charge in [0.15, 0.2) is 15.2 Å². The molecular formula is C14H21ClN2O2S. The van der Waals surface area contributed by atoms with E-state index in [1.54, 1.807) is 0 Å². The van der Waals surface area contributed by atoms with Gasteiger partial charge in [-0.05, 0) is 31.6 Å². The van der Waals surface area contributed by atoms with Crippen LogP contribution in [0.2, 0.25) is 5.15 Å². The lowest BCUT2D eigenvalue weighted by Gasteiger charge is -2.24. The van der Waals surface area contributed by atoms with Gasteiger partial charge in [-0.15, -0.1) is 0 Å². The fourth-order valence-electron chi connectivity index (χ4n) is 2.55. The molecule has 112 valence electrons. The van der Waals surface area contributed by atoms with E-state index in [1.807, 2.05) is 0 Å². The molecule has 1 atom stereocenters. The summed E-state index contributed by atoms with van der Waals surface area (Å²) in [5.41, 5.74) is 0. The minimum atomic E-state index is -0.406. The van der Waals surface area contributed by atoms with Crippen LogP contribution < -0.4 is 4.90 Å². The van der Waals surface area contributed by atoms with Crippen LogP contribution in [0, 0.1) is 5.92 Å². The van der Waals surface area contributed by atoms with Crippen LogP contribution in [0.15, 0.2) is 0 Å². The van der Waals surface area contributed by atoms with Gasteiger partial charge in [-0.1, -0.05) is 36.8 Å². The number of rotatable bonds is 5. The second kappa shape index (κ2) is 6.76. The van der Waals surface area contributed by atoms with Gasteiger partial charge >= 0.3 is 5.97 Å². The van der Waals surface area contributed by atoms with Crippen LogP contribution in [0.3, 0.4) is 0 Å². The summed E-state index contributed by atoms with van der Waals surface area (Å²) in [4.78, 5) is 18.7. The molecule has 4 nitrogen and oxygen atoms in total. The first-order chi connectivity index (χ1) is 9.52. The van der Waals surface area contributed by atoms with E-state index in [0.29, 0.717) is 16.8 Å². The lowest BCUT2D eigenvalue weighted by molar-refractivity contribution is 0.0606. The van der Waals surface area contributed by atoms with E-state index in [4.69, 9.17) is 16.3 Å². The Hall–Kier alpha value is -0.810. The van der Waals surface area contributed by atoms with Crippen molar-refractivity contribution in [2.45, 2.75) is 45.6 Å². The highest BCUT2D eigenvalue weighted by Gasteiger charge is 2.29. The maximum atomic E-state index is 11.6. The summed E-state index contributed by atoms with van der Waals surface area (Å²) in [5.74, 6) is 0.305. The lowest BCUT2D eigenvalue weighted by Crippen LogP contribution is -2.29. The molecule has 0 spiro atoms. The molecule has 0 aromatic carbocycles. The number of hydrogen-bond donors (Lipinski definition) is 0. The number of halogens is 1. The topological polar surface area (TPSA) is 42.4 Å². The molecule has 1 aromatic rings. The average Bonchev–Trinajstić information content (AvgIpc) is 3.01. The number of carbonyl (C=O) groups excluding carboxylic acids is 1. The normalized spacial score (nSPS) is 18.9. The molecule has 0 saturated carbocycles. The maximum absolute atomic E-state index is 11.6. The molecular weight excluding hydrogens is 296 g/mol. The van der Waals surface area contributed by atoms with Gasteiger partial charge in [-0.3, -0.25) is 0 Å². The van der Waals surface area contributed by atoms with Gasteiger partial charge in [0, 0.05) is 12.6 Å². The number of aromatic nitrogens is 1. The van der Waals surface area contributed by atoms with Crippen molar-refractivity contribution in [1.82, 2.24) is 4.98 Å². The SMILES string of the molecule is COC(=O)c1sc(N2CCCC2CCC(C)C)nc1Cl. The van der Waals surface area contributed by atoms with Crippen molar-refractivity contribution in [2.75, 3.05) is 18.6 Å². The summed E-state index contributed by atoms with van der Waals surface area (Å²) >= 11 is 7.38. The van der Waals surface area contributed by atoms with Gasteiger partial charge < -0.3 is 9.64 Å². The number of hydrogen-bond acceptors (Lipinski definition) is 5. The Morgan fingerprint density at radius 3 is 3.00 bits per heavy atom. The summed E-state index contributed by atoms with van der Waals surface area (Å²) in [7, 11) is 1.36. The summed E-state index contributed by atoms with van der Waals surface area (Å²) in [5, 5.41) is 1.10. The first kappa shape index (κ1) is 15.6. The minimum absolute atomic E-state index is 0.256. The Labute approximate surface area is 129 Å². The molecule has 0 N–H and O–H groups in total. The first-order valence-corrected chi connectivity index (χ1v) is 8.23. The van der Waals surface area contributed by atoms with Crippen molar-refractivity contribution >= 4 is 34.0 Å². The highest BCUT2D eigenvalue weighted by molar-refractivity contribution is 7.18. The Morgan fingerprint density at radius 2 is 2.35 bits per heavy atom. The smallest absolute Gasteiger partial charge is 0.351 e. The Bertz CT molecular complexity index is 476. The molecule has 1 aromatic heterocycles. The molecule has 2 rings (SSSR count). The fraction of sp³-hybridized carbons (Fsp3) is 0.714. The predicted molar refractivity (Wildman–Crippen MR) is 82.9 cm³/mol. The molecule has 0 radical (unpaired) electrons. The number of thiazole rings is 1. The van der Waals surface area contributed by atoms with Crippen molar-refractivity contribution in [3.63, 3.8) is 0 Å². The number of methoxy groups -OCH3 is 1. The Kier molecular flexibility index (Phi) is 5.27. The second-order valence-corrected chi connectivity index (χ2v) is 6.90. The quantitative estimate of drug-likeness (QED) is 0.770. The summed E-state index contributed by atoms with van der Waals surface area (Å²) in [6.45, 7) is 5.48.